The first-order valence-electron chi connectivity index (χ1n) is 11.6. The summed E-state index contributed by atoms with van der Waals surface area (Å²) in [5, 5.41) is 5.68. The van der Waals surface area contributed by atoms with Crippen LogP contribution in [0.2, 0.25) is 0 Å². The second-order valence-electron chi connectivity index (χ2n) is 8.81. The Bertz CT molecular complexity index is 1150. The first kappa shape index (κ1) is 26.4. The Morgan fingerprint density at radius 1 is 1.11 bits per heavy atom. The predicted octanol–water partition coefficient (Wildman–Crippen LogP) is 3.50. The van der Waals surface area contributed by atoms with Gasteiger partial charge in [-0.05, 0) is 56.9 Å². The van der Waals surface area contributed by atoms with Gasteiger partial charge < -0.3 is 15.4 Å². The molecule has 2 N–H and O–H groups in total. The van der Waals surface area contributed by atoms with E-state index in [1.807, 2.05) is 44.2 Å². The van der Waals surface area contributed by atoms with Crippen LogP contribution in [0.15, 0.2) is 66.1 Å². The molecule has 2 atom stereocenters. The molecule has 3 rings (SSSR count). The van der Waals surface area contributed by atoms with Crippen molar-refractivity contribution in [2.45, 2.75) is 62.6 Å². The Morgan fingerprint density at radius 2 is 1.77 bits per heavy atom. The van der Waals surface area contributed by atoms with Crippen molar-refractivity contribution < 1.29 is 22.7 Å². The van der Waals surface area contributed by atoms with E-state index in [-0.39, 0.29) is 40.6 Å². The number of amides is 2. The van der Waals surface area contributed by atoms with Gasteiger partial charge in [0.2, 0.25) is 21.8 Å². The van der Waals surface area contributed by atoms with E-state index in [2.05, 4.69) is 17.2 Å². The fourth-order valence-electron chi connectivity index (χ4n) is 4.61. The Morgan fingerprint density at radius 3 is 2.37 bits per heavy atom. The summed E-state index contributed by atoms with van der Waals surface area (Å²) in [7, 11) is -2.49. The molecule has 2 aromatic rings. The fourth-order valence-corrected chi connectivity index (χ4v) is 6.60. The van der Waals surface area contributed by atoms with E-state index in [9.17, 15) is 18.0 Å². The molecule has 2 unspecified atom stereocenters. The minimum Gasteiger partial charge on any atom is -0.495 e. The lowest BCUT2D eigenvalue weighted by Gasteiger charge is -2.41. The van der Waals surface area contributed by atoms with Crippen LogP contribution in [0.1, 0.15) is 38.7 Å². The topological polar surface area (TPSA) is 105 Å². The number of hydrogen-bond acceptors (Lipinski definition) is 5. The van der Waals surface area contributed by atoms with Crippen LogP contribution in [0.5, 0.6) is 5.75 Å². The molecule has 0 aliphatic carbocycles. The molecule has 0 spiro atoms. The van der Waals surface area contributed by atoms with E-state index in [0.29, 0.717) is 31.4 Å². The smallest absolute Gasteiger partial charge is 0.247 e. The molecule has 188 valence electrons. The van der Waals surface area contributed by atoms with Crippen molar-refractivity contribution >= 4 is 27.5 Å². The number of nitrogens with one attached hydrogen (secondary N) is 2. The second-order valence-corrected chi connectivity index (χ2v) is 10.6. The number of ether oxygens (including phenoxy) is 1. The van der Waals surface area contributed by atoms with Crippen LogP contribution in [-0.4, -0.2) is 49.8 Å². The first-order chi connectivity index (χ1) is 16.6. The zero-order valence-corrected chi connectivity index (χ0v) is 21.2. The minimum absolute atomic E-state index is 0.0366. The Kier molecular flexibility index (Phi) is 8.69. The molecule has 1 aliphatic rings. The summed E-state index contributed by atoms with van der Waals surface area (Å²) < 4.78 is 34.1. The van der Waals surface area contributed by atoms with Crippen LogP contribution in [0, 0.1) is 0 Å². The molecular weight excluding hydrogens is 466 g/mol. The molecule has 0 saturated carbocycles. The molecule has 1 heterocycles. The van der Waals surface area contributed by atoms with Crippen molar-refractivity contribution in [2.24, 2.45) is 0 Å². The van der Waals surface area contributed by atoms with Crippen molar-refractivity contribution in [3.8, 4) is 5.75 Å². The second kappa shape index (κ2) is 11.5. The average molecular weight is 500 g/mol. The zero-order chi connectivity index (χ0) is 25.6. The van der Waals surface area contributed by atoms with Crippen molar-refractivity contribution in [2.75, 3.05) is 12.4 Å². The molecular formula is C26H33N3O5S. The molecule has 1 aliphatic heterocycles. The number of anilines is 1. The summed E-state index contributed by atoms with van der Waals surface area (Å²) in [4.78, 5) is 24.1. The molecule has 1 saturated heterocycles. The lowest BCUT2D eigenvalue weighted by molar-refractivity contribution is -0.118. The summed E-state index contributed by atoms with van der Waals surface area (Å²) >= 11 is 0. The van der Waals surface area contributed by atoms with Crippen LogP contribution in [-0.2, 0) is 26.0 Å². The highest BCUT2D eigenvalue weighted by molar-refractivity contribution is 7.89. The van der Waals surface area contributed by atoms with Gasteiger partial charge in [0.15, 0.2) is 0 Å². The molecule has 35 heavy (non-hydrogen) atoms. The largest absolute Gasteiger partial charge is 0.495 e. The number of nitrogens with zero attached hydrogens (tertiary/aromatic N) is 1. The van der Waals surface area contributed by atoms with Gasteiger partial charge in [0, 0.05) is 36.3 Å². The zero-order valence-electron chi connectivity index (χ0n) is 20.4. The molecule has 0 radical (unpaired) electrons. The molecule has 0 aromatic heterocycles. The summed E-state index contributed by atoms with van der Waals surface area (Å²) in [6.45, 7) is 7.12. The van der Waals surface area contributed by atoms with Gasteiger partial charge in [-0.25, -0.2) is 8.42 Å². The molecule has 2 aromatic carbocycles. The minimum atomic E-state index is -3.89. The van der Waals surface area contributed by atoms with Gasteiger partial charge in [-0.1, -0.05) is 36.9 Å². The van der Waals surface area contributed by atoms with Crippen LogP contribution < -0.4 is 15.4 Å². The molecule has 1 fully saturated rings. The number of carbonyl (C=O) groups is 2. The third-order valence-corrected chi connectivity index (χ3v) is 8.31. The highest BCUT2D eigenvalue weighted by Crippen LogP contribution is 2.35. The number of methoxy groups -OCH3 is 1. The van der Waals surface area contributed by atoms with E-state index in [1.54, 1.807) is 6.07 Å². The lowest BCUT2D eigenvalue weighted by Crippen LogP contribution is -2.54. The van der Waals surface area contributed by atoms with Crippen LogP contribution in [0.3, 0.4) is 0 Å². The molecule has 2 amide bonds. The number of hydrogen-bond donors (Lipinski definition) is 2. The van der Waals surface area contributed by atoms with Gasteiger partial charge in [-0.2, -0.15) is 4.31 Å². The summed E-state index contributed by atoms with van der Waals surface area (Å²) in [6.07, 6.45) is 3.10. The normalized spacial score (nSPS) is 20.6. The highest BCUT2D eigenvalue weighted by Gasteiger charge is 2.40. The van der Waals surface area contributed by atoms with Crippen molar-refractivity contribution in [1.82, 2.24) is 9.62 Å². The maximum atomic E-state index is 13.6. The molecule has 0 bridgehead atoms. The van der Waals surface area contributed by atoms with Gasteiger partial charge in [0.05, 0.1) is 7.11 Å². The van der Waals surface area contributed by atoms with Gasteiger partial charge in [-0.3, -0.25) is 9.59 Å². The Hall–Kier alpha value is -3.17. The quantitative estimate of drug-likeness (QED) is 0.514. The summed E-state index contributed by atoms with van der Waals surface area (Å²) in [6, 6.07) is 13.5. The summed E-state index contributed by atoms with van der Waals surface area (Å²) in [5.74, 6) is -0.279. The van der Waals surface area contributed by atoms with E-state index in [4.69, 9.17) is 4.74 Å². The third kappa shape index (κ3) is 6.49. The van der Waals surface area contributed by atoms with Crippen LogP contribution in [0.25, 0.3) is 0 Å². The maximum absolute atomic E-state index is 13.6. The summed E-state index contributed by atoms with van der Waals surface area (Å²) in [5.41, 5.74) is 1.53. The number of piperidine rings is 1. The third-order valence-electron chi connectivity index (χ3n) is 6.14. The molecule has 9 heteroatoms. The standard InChI is InChI=1S/C26H33N3O5S/c1-5-25(30)28-22-15-18(2)29(19(3)16-22)35(32,33)24-13-12-21(17-23(24)34-4)27-26(31)14-11-20-9-7-6-8-10-20/h5-10,12-13,17-19,22H,1,11,14-16H2,2-4H3,(H,27,31)(H,28,30). The van der Waals surface area contributed by atoms with Gasteiger partial charge in [0.25, 0.3) is 0 Å². The maximum Gasteiger partial charge on any atom is 0.247 e. The number of aryl methyl sites for hydroxylation is 1. The lowest BCUT2D eigenvalue weighted by atomic mass is 9.95. The number of sulfonamides is 1. The monoisotopic (exact) mass is 499 g/mol. The van der Waals surface area contributed by atoms with Crippen molar-refractivity contribution in [1.29, 1.82) is 0 Å². The van der Waals surface area contributed by atoms with Gasteiger partial charge in [-0.15, -0.1) is 0 Å². The number of benzene rings is 2. The Balaban J connectivity index is 1.73. The number of carbonyl (C=O) groups excluding carboxylic acids is 2. The van der Waals surface area contributed by atoms with E-state index >= 15 is 0 Å². The Labute approximate surface area is 207 Å². The highest BCUT2D eigenvalue weighted by atomic mass is 32.2. The first-order valence-corrected chi connectivity index (χ1v) is 13.1. The SMILES string of the molecule is C=CC(=O)NC1CC(C)N(S(=O)(=O)c2ccc(NC(=O)CCc3ccccc3)cc2OC)C(C)C1. The van der Waals surface area contributed by atoms with Crippen LogP contribution >= 0.6 is 0 Å². The predicted molar refractivity (Wildman–Crippen MR) is 136 cm³/mol. The van der Waals surface area contributed by atoms with Gasteiger partial charge in [0.1, 0.15) is 10.6 Å². The number of rotatable bonds is 9. The fraction of sp³-hybridized carbons (Fsp3) is 0.385. The van der Waals surface area contributed by atoms with E-state index in [1.165, 1.54) is 29.6 Å². The van der Waals surface area contributed by atoms with Crippen molar-refractivity contribution in [3.63, 3.8) is 0 Å². The van der Waals surface area contributed by atoms with Crippen molar-refractivity contribution in [3.05, 3.63) is 66.7 Å². The molecule has 8 nitrogen and oxygen atoms in total. The average Bonchev–Trinajstić information content (AvgIpc) is 2.82. The van der Waals surface area contributed by atoms with Crippen LogP contribution in [0.4, 0.5) is 5.69 Å². The van der Waals surface area contributed by atoms with E-state index < -0.39 is 10.0 Å². The van der Waals surface area contributed by atoms with Gasteiger partial charge >= 0.3 is 0 Å². The van der Waals surface area contributed by atoms with E-state index in [0.717, 1.165) is 5.56 Å².